The number of hydrogen-bond donors (Lipinski definition) is 1. The molecular weight excluding hydrogens is 181 g/mol. The van der Waals surface area contributed by atoms with Crippen LogP contribution < -0.4 is 5.73 Å². The average Bonchev–Trinajstić information content (AvgIpc) is 1.87. The topological polar surface area (TPSA) is 35.2 Å². The van der Waals surface area contributed by atoms with E-state index in [0.29, 0.717) is 0 Å². The summed E-state index contributed by atoms with van der Waals surface area (Å²) in [5.41, 5.74) is 5.43. The average molecular weight is 198 g/mol. The van der Waals surface area contributed by atoms with Gasteiger partial charge in [0.2, 0.25) is 0 Å². The third-order valence-corrected chi connectivity index (χ3v) is 2.68. The van der Waals surface area contributed by atoms with E-state index in [4.69, 9.17) is 21.5 Å². The second-order valence-corrected chi connectivity index (χ2v) is 4.16. The summed E-state index contributed by atoms with van der Waals surface area (Å²) < 4.78 is 5.32. The standard InChI is InChI=1S/C7H17ClNOP/c1-5(2)7(9,6(3)4)10-11-8/h5-6,11H,9H2,1-4H3. The molecule has 0 aliphatic rings. The van der Waals surface area contributed by atoms with Gasteiger partial charge in [-0.05, 0) is 11.8 Å². The first-order chi connectivity index (χ1) is 4.95. The van der Waals surface area contributed by atoms with Gasteiger partial charge in [-0.25, -0.2) is 0 Å². The molecule has 0 aromatic heterocycles. The lowest BCUT2D eigenvalue weighted by atomic mass is 9.90. The highest BCUT2D eigenvalue weighted by atomic mass is 35.7. The smallest absolute Gasteiger partial charge is 0.126 e. The van der Waals surface area contributed by atoms with Crippen LogP contribution in [0, 0.1) is 11.8 Å². The van der Waals surface area contributed by atoms with Crippen LogP contribution in [-0.4, -0.2) is 5.72 Å². The fourth-order valence-electron chi connectivity index (χ4n) is 0.969. The predicted molar refractivity (Wildman–Crippen MR) is 51.8 cm³/mol. The Labute approximate surface area is 75.5 Å². The van der Waals surface area contributed by atoms with E-state index in [1.54, 1.807) is 0 Å². The zero-order chi connectivity index (χ0) is 9.07. The lowest BCUT2D eigenvalue weighted by molar-refractivity contribution is 0.000453. The number of rotatable bonds is 4. The summed E-state index contributed by atoms with van der Waals surface area (Å²) in [6.45, 7) is 8.15. The molecule has 1 unspecified atom stereocenters. The summed E-state index contributed by atoms with van der Waals surface area (Å²) >= 11 is 5.50. The number of nitrogens with two attached hydrogens (primary N) is 1. The lowest BCUT2D eigenvalue weighted by Gasteiger charge is -2.36. The normalized spacial score (nSPS) is 14.2. The van der Waals surface area contributed by atoms with Crippen LogP contribution >= 0.6 is 19.4 Å². The second kappa shape index (κ2) is 4.61. The Hall–Kier alpha value is 0.640. The fraction of sp³-hybridized carbons (Fsp3) is 1.00. The van der Waals surface area contributed by atoms with E-state index < -0.39 is 5.72 Å². The molecule has 0 aliphatic carbocycles. The number of halogens is 1. The van der Waals surface area contributed by atoms with E-state index in [1.807, 2.05) is 27.7 Å². The van der Waals surface area contributed by atoms with Gasteiger partial charge in [0.25, 0.3) is 0 Å². The highest BCUT2D eigenvalue weighted by Gasteiger charge is 2.33. The van der Waals surface area contributed by atoms with Crippen molar-refractivity contribution in [3.8, 4) is 0 Å². The van der Waals surface area contributed by atoms with Crippen LogP contribution in [0.2, 0.25) is 0 Å². The van der Waals surface area contributed by atoms with Gasteiger partial charge in [-0.15, -0.1) is 0 Å². The maximum atomic E-state index is 5.99. The molecule has 0 radical (unpaired) electrons. The van der Waals surface area contributed by atoms with E-state index >= 15 is 0 Å². The molecule has 1 atom stereocenters. The van der Waals surface area contributed by atoms with E-state index in [9.17, 15) is 0 Å². The lowest BCUT2D eigenvalue weighted by Crippen LogP contribution is -2.50. The zero-order valence-electron chi connectivity index (χ0n) is 7.52. The Kier molecular flexibility index (Phi) is 4.88. The summed E-state index contributed by atoms with van der Waals surface area (Å²) in [5.74, 6) is 0.572. The van der Waals surface area contributed by atoms with Gasteiger partial charge in [0.15, 0.2) is 0 Å². The molecule has 2 N–H and O–H groups in total. The highest BCUT2D eigenvalue weighted by Crippen LogP contribution is 2.33. The molecule has 0 rings (SSSR count). The molecule has 0 heterocycles. The van der Waals surface area contributed by atoms with Gasteiger partial charge in [0.05, 0.1) is 0 Å². The first-order valence-corrected chi connectivity index (χ1v) is 5.69. The predicted octanol–water partition coefficient (Wildman–Crippen LogP) is 2.72. The number of hydrogen-bond acceptors (Lipinski definition) is 2. The van der Waals surface area contributed by atoms with Crippen molar-refractivity contribution in [3.05, 3.63) is 0 Å². The van der Waals surface area contributed by atoms with E-state index in [-0.39, 0.29) is 20.0 Å². The molecule has 0 aromatic rings. The largest absolute Gasteiger partial charge is 0.325 e. The molecule has 0 spiro atoms. The third kappa shape index (κ3) is 2.87. The van der Waals surface area contributed by atoms with Crippen LogP contribution in [0.1, 0.15) is 27.7 Å². The first-order valence-electron chi connectivity index (χ1n) is 3.77. The molecule has 0 aromatic carbocycles. The molecule has 68 valence electrons. The zero-order valence-corrected chi connectivity index (χ0v) is 9.27. The highest BCUT2D eigenvalue weighted by molar-refractivity contribution is 7.64. The van der Waals surface area contributed by atoms with Gasteiger partial charge >= 0.3 is 0 Å². The van der Waals surface area contributed by atoms with Crippen molar-refractivity contribution in [2.75, 3.05) is 0 Å². The minimum absolute atomic E-state index is 0.0580. The first kappa shape index (κ1) is 11.6. The van der Waals surface area contributed by atoms with Gasteiger partial charge in [-0.2, -0.15) is 0 Å². The van der Waals surface area contributed by atoms with Gasteiger partial charge in [-0.1, -0.05) is 38.9 Å². The van der Waals surface area contributed by atoms with Gasteiger partial charge in [0.1, 0.15) is 13.9 Å². The van der Waals surface area contributed by atoms with Crippen molar-refractivity contribution in [3.63, 3.8) is 0 Å². The monoisotopic (exact) mass is 197 g/mol. The Bertz CT molecular complexity index is 111. The molecule has 0 saturated carbocycles. The van der Waals surface area contributed by atoms with Gasteiger partial charge in [-0.3, -0.25) is 0 Å². The summed E-state index contributed by atoms with van der Waals surface area (Å²) in [5, 5.41) is 0. The van der Waals surface area contributed by atoms with Crippen LogP contribution in [0.25, 0.3) is 0 Å². The molecule has 0 saturated heterocycles. The fourth-order valence-corrected chi connectivity index (χ4v) is 1.98. The van der Waals surface area contributed by atoms with Crippen LogP contribution in [0.4, 0.5) is 0 Å². The summed E-state index contributed by atoms with van der Waals surface area (Å²) in [6.07, 6.45) is 0. The van der Waals surface area contributed by atoms with Crippen molar-refractivity contribution in [2.24, 2.45) is 17.6 Å². The molecule has 4 heteroatoms. The molecule has 2 nitrogen and oxygen atoms in total. The van der Waals surface area contributed by atoms with Crippen molar-refractivity contribution in [2.45, 2.75) is 33.4 Å². The van der Waals surface area contributed by atoms with E-state index in [0.717, 1.165) is 0 Å². The third-order valence-electron chi connectivity index (χ3n) is 2.02. The molecule has 0 amide bonds. The van der Waals surface area contributed by atoms with E-state index in [2.05, 4.69) is 0 Å². The quantitative estimate of drug-likeness (QED) is 0.556. The van der Waals surface area contributed by atoms with Crippen LogP contribution in [0.15, 0.2) is 0 Å². The van der Waals surface area contributed by atoms with Gasteiger partial charge in [0, 0.05) is 0 Å². The minimum atomic E-state index is -0.569. The second-order valence-electron chi connectivity index (χ2n) is 3.34. The van der Waals surface area contributed by atoms with E-state index in [1.165, 1.54) is 0 Å². The Balaban J connectivity index is 4.26. The maximum absolute atomic E-state index is 5.99. The molecular formula is C7H17ClNOP. The van der Waals surface area contributed by atoms with Crippen LogP contribution in [0.3, 0.4) is 0 Å². The van der Waals surface area contributed by atoms with Crippen molar-refractivity contribution >= 4 is 19.4 Å². The molecule has 0 aliphatic heterocycles. The van der Waals surface area contributed by atoms with Crippen LogP contribution in [-0.2, 0) is 4.52 Å². The summed E-state index contributed by atoms with van der Waals surface area (Å²) in [6, 6.07) is 0. The summed E-state index contributed by atoms with van der Waals surface area (Å²) in [4.78, 5) is 0. The SMILES string of the molecule is CC(C)C(N)(OPCl)C(C)C. The molecule has 11 heavy (non-hydrogen) atoms. The van der Waals surface area contributed by atoms with Crippen molar-refractivity contribution in [1.29, 1.82) is 0 Å². The Morgan fingerprint density at radius 1 is 1.27 bits per heavy atom. The Morgan fingerprint density at radius 2 is 1.64 bits per heavy atom. The van der Waals surface area contributed by atoms with Crippen molar-refractivity contribution in [1.82, 2.24) is 0 Å². The molecule has 0 bridgehead atoms. The Morgan fingerprint density at radius 3 is 1.73 bits per heavy atom. The van der Waals surface area contributed by atoms with Crippen molar-refractivity contribution < 1.29 is 4.52 Å². The van der Waals surface area contributed by atoms with Gasteiger partial charge < -0.3 is 10.3 Å². The van der Waals surface area contributed by atoms with Crippen LogP contribution in [0.5, 0.6) is 0 Å². The minimum Gasteiger partial charge on any atom is -0.325 e. The summed E-state index contributed by atoms with van der Waals surface area (Å²) in [7, 11) is -0.0580. The molecule has 0 fully saturated rings. The maximum Gasteiger partial charge on any atom is 0.126 e.